The van der Waals surface area contributed by atoms with Crippen molar-refractivity contribution in [3.8, 4) is 0 Å². The number of hydrogen-bond acceptors (Lipinski definition) is 5. The number of benzene rings is 1. The third-order valence-electron chi connectivity index (χ3n) is 5.58. The summed E-state index contributed by atoms with van der Waals surface area (Å²) < 4.78 is 27.7. The van der Waals surface area contributed by atoms with E-state index in [-0.39, 0.29) is 50.7 Å². The van der Waals surface area contributed by atoms with Gasteiger partial charge in [0.05, 0.1) is 6.54 Å². The fraction of sp³-hybridized carbons (Fsp3) is 0.526. The van der Waals surface area contributed by atoms with Crippen LogP contribution < -0.4 is 11.1 Å². The van der Waals surface area contributed by atoms with E-state index in [0.717, 1.165) is 11.1 Å². The van der Waals surface area contributed by atoms with Gasteiger partial charge in [0.25, 0.3) is 11.8 Å². The lowest BCUT2D eigenvalue weighted by Gasteiger charge is -2.36. The largest absolute Gasteiger partial charge is 0.326 e. The van der Waals surface area contributed by atoms with Crippen molar-refractivity contribution in [1.82, 2.24) is 15.1 Å². The Morgan fingerprint density at radius 3 is 2.75 bits per heavy atom. The Kier molecular flexibility index (Phi) is 4.67. The summed E-state index contributed by atoms with van der Waals surface area (Å²) in [6, 6.07) is 3.93. The zero-order chi connectivity index (χ0) is 20.1. The van der Waals surface area contributed by atoms with E-state index in [1.165, 1.54) is 4.90 Å². The Morgan fingerprint density at radius 2 is 2.04 bits per heavy atom. The molecule has 0 saturated carbocycles. The summed E-state index contributed by atoms with van der Waals surface area (Å²) >= 11 is 0. The predicted molar refractivity (Wildman–Crippen MR) is 95.3 cm³/mol. The van der Waals surface area contributed by atoms with E-state index in [0.29, 0.717) is 12.1 Å². The molecule has 1 aromatic carbocycles. The van der Waals surface area contributed by atoms with E-state index < -0.39 is 23.9 Å². The first-order valence-electron chi connectivity index (χ1n) is 9.35. The van der Waals surface area contributed by atoms with E-state index in [2.05, 4.69) is 5.32 Å². The molecule has 0 bridgehead atoms. The molecule has 3 amide bonds. The first-order chi connectivity index (χ1) is 13.2. The zero-order valence-electron chi connectivity index (χ0n) is 15.3. The van der Waals surface area contributed by atoms with Crippen molar-refractivity contribution in [3.63, 3.8) is 0 Å². The molecule has 2 fully saturated rings. The molecular weight excluding hydrogens is 370 g/mol. The van der Waals surface area contributed by atoms with Gasteiger partial charge in [0.1, 0.15) is 6.04 Å². The normalized spacial score (nSPS) is 27.7. The van der Waals surface area contributed by atoms with Gasteiger partial charge in [-0.2, -0.15) is 0 Å². The number of amides is 3. The molecule has 3 aliphatic heterocycles. The second-order valence-electron chi connectivity index (χ2n) is 7.83. The zero-order valence-corrected chi connectivity index (χ0v) is 15.3. The maximum Gasteiger partial charge on any atom is 0.262 e. The van der Waals surface area contributed by atoms with E-state index in [4.69, 9.17) is 5.73 Å². The van der Waals surface area contributed by atoms with Gasteiger partial charge in [-0.3, -0.25) is 24.6 Å². The molecule has 3 N–H and O–H groups in total. The number of alkyl halides is 2. The summed E-state index contributed by atoms with van der Waals surface area (Å²) in [6.07, 6.45) is 0.148. The number of fused-ring (bicyclic) bond motifs is 1. The minimum atomic E-state index is -2.83. The molecule has 1 unspecified atom stereocenters. The Labute approximate surface area is 160 Å². The average molecular weight is 392 g/mol. The van der Waals surface area contributed by atoms with Crippen LogP contribution in [0.2, 0.25) is 0 Å². The average Bonchev–Trinajstić information content (AvgIpc) is 2.91. The molecule has 1 aromatic rings. The highest BCUT2D eigenvalue weighted by atomic mass is 19.3. The van der Waals surface area contributed by atoms with Crippen LogP contribution in [0.1, 0.15) is 40.7 Å². The molecule has 0 aliphatic carbocycles. The lowest BCUT2D eigenvalue weighted by atomic mass is 9.99. The molecule has 28 heavy (non-hydrogen) atoms. The molecule has 2 saturated heterocycles. The van der Waals surface area contributed by atoms with Gasteiger partial charge in [-0.1, -0.05) is 12.1 Å². The van der Waals surface area contributed by atoms with Crippen LogP contribution in [-0.4, -0.2) is 58.6 Å². The molecule has 2 atom stereocenters. The van der Waals surface area contributed by atoms with Crippen LogP contribution in [0.5, 0.6) is 0 Å². The summed E-state index contributed by atoms with van der Waals surface area (Å²) in [4.78, 5) is 39.5. The number of nitrogens with zero attached hydrogens (tertiary/aromatic N) is 2. The number of rotatable bonds is 3. The molecule has 7 nitrogen and oxygen atoms in total. The number of carbonyl (C=O) groups excluding carboxylic acids is 3. The molecule has 4 rings (SSSR count). The smallest absolute Gasteiger partial charge is 0.262 e. The third-order valence-corrected chi connectivity index (χ3v) is 5.58. The summed E-state index contributed by atoms with van der Waals surface area (Å²) in [5.41, 5.74) is 7.79. The highest BCUT2D eigenvalue weighted by Gasteiger charge is 2.41. The monoisotopic (exact) mass is 392 g/mol. The lowest BCUT2D eigenvalue weighted by molar-refractivity contribution is -0.136. The second-order valence-corrected chi connectivity index (χ2v) is 7.83. The van der Waals surface area contributed by atoms with E-state index in [1.54, 1.807) is 17.0 Å². The van der Waals surface area contributed by atoms with Crippen molar-refractivity contribution >= 4 is 17.7 Å². The van der Waals surface area contributed by atoms with Crippen molar-refractivity contribution < 1.29 is 23.2 Å². The summed E-state index contributed by atoms with van der Waals surface area (Å²) in [7, 11) is 0. The number of halogens is 2. The standard InChI is InChI=1S/C19H22F2N4O3/c20-19(21)6-12(22)8-24(10-19)7-11-2-1-3-13-14(11)9-25(18(13)28)15-4-5-16(26)23-17(15)27/h1-3,12,15H,4-10,22H2,(H,23,26,27)/t12-,15?/m1/s1. The first-order valence-corrected chi connectivity index (χ1v) is 9.35. The van der Waals surface area contributed by atoms with Gasteiger partial charge >= 0.3 is 0 Å². The van der Waals surface area contributed by atoms with Crippen LogP contribution in [0.15, 0.2) is 18.2 Å². The van der Waals surface area contributed by atoms with E-state index >= 15 is 0 Å². The molecule has 9 heteroatoms. The number of carbonyl (C=O) groups is 3. The Balaban J connectivity index is 1.55. The van der Waals surface area contributed by atoms with E-state index in [1.807, 2.05) is 6.07 Å². The second kappa shape index (κ2) is 6.89. The third kappa shape index (κ3) is 3.51. The summed E-state index contributed by atoms with van der Waals surface area (Å²) in [5.74, 6) is -3.91. The number of nitrogens with one attached hydrogen (secondary N) is 1. The summed E-state index contributed by atoms with van der Waals surface area (Å²) in [5, 5.41) is 2.27. The first kappa shape index (κ1) is 18.9. The number of hydrogen-bond donors (Lipinski definition) is 2. The van der Waals surface area contributed by atoms with Crippen LogP contribution in [0.25, 0.3) is 0 Å². The number of likely N-dealkylation sites (tertiary alicyclic amines) is 1. The van der Waals surface area contributed by atoms with Crippen molar-refractivity contribution in [2.75, 3.05) is 13.1 Å². The fourth-order valence-corrected chi connectivity index (χ4v) is 4.40. The number of imide groups is 1. The van der Waals surface area contributed by atoms with Crippen LogP contribution >= 0.6 is 0 Å². The van der Waals surface area contributed by atoms with Crippen molar-refractivity contribution in [2.24, 2.45) is 5.73 Å². The van der Waals surface area contributed by atoms with Gasteiger partial charge in [-0.15, -0.1) is 0 Å². The molecule has 3 heterocycles. The van der Waals surface area contributed by atoms with Gasteiger partial charge < -0.3 is 10.6 Å². The Bertz CT molecular complexity index is 844. The Hall–Kier alpha value is -2.39. The highest BCUT2D eigenvalue weighted by Crippen LogP contribution is 2.32. The summed E-state index contributed by atoms with van der Waals surface area (Å²) in [6.45, 7) is 0.495. The molecular formula is C19H22F2N4O3. The van der Waals surface area contributed by atoms with Crippen molar-refractivity contribution in [2.45, 2.75) is 50.4 Å². The number of nitrogens with two attached hydrogens (primary N) is 1. The van der Waals surface area contributed by atoms with Crippen LogP contribution in [0.3, 0.4) is 0 Å². The minimum Gasteiger partial charge on any atom is -0.326 e. The maximum atomic E-state index is 13.9. The molecule has 150 valence electrons. The van der Waals surface area contributed by atoms with Gasteiger partial charge in [-0.25, -0.2) is 8.78 Å². The number of piperidine rings is 2. The van der Waals surface area contributed by atoms with Gasteiger partial charge in [0, 0.05) is 44.1 Å². The lowest BCUT2D eigenvalue weighted by Crippen LogP contribution is -2.52. The quantitative estimate of drug-likeness (QED) is 0.735. The van der Waals surface area contributed by atoms with Crippen LogP contribution in [0.4, 0.5) is 8.78 Å². The maximum absolute atomic E-state index is 13.9. The topological polar surface area (TPSA) is 95.7 Å². The predicted octanol–water partition coefficient (Wildman–Crippen LogP) is 0.616. The molecule has 0 spiro atoms. The fourth-order valence-electron chi connectivity index (χ4n) is 4.40. The highest BCUT2D eigenvalue weighted by molar-refractivity contribution is 6.05. The van der Waals surface area contributed by atoms with Crippen LogP contribution in [-0.2, 0) is 22.7 Å². The Morgan fingerprint density at radius 1 is 1.25 bits per heavy atom. The SMILES string of the molecule is N[C@H]1CN(Cc2cccc3c2CN(C2CCC(=O)NC2=O)C3=O)CC(F)(F)C1. The minimum absolute atomic E-state index is 0.185. The van der Waals surface area contributed by atoms with E-state index in [9.17, 15) is 23.2 Å². The van der Waals surface area contributed by atoms with Gasteiger partial charge in [0.2, 0.25) is 11.8 Å². The van der Waals surface area contributed by atoms with Gasteiger partial charge in [-0.05, 0) is 23.6 Å². The molecule has 0 aromatic heterocycles. The van der Waals surface area contributed by atoms with Crippen LogP contribution in [0, 0.1) is 0 Å². The molecule has 3 aliphatic rings. The molecule has 0 radical (unpaired) electrons. The van der Waals surface area contributed by atoms with Gasteiger partial charge in [0.15, 0.2) is 0 Å². The van der Waals surface area contributed by atoms with Crippen molar-refractivity contribution in [1.29, 1.82) is 0 Å². The van der Waals surface area contributed by atoms with Crippen molar-refractivity contribution in [3.05, 3.63) is 34.9 Å².